The Hall–Kier alpha value is -2.71. The lowest BCUT2D eigenvalue weighted by atomic mass is 10.2. The van der Waals surface area contributed by atoms with Crippen LogP contribution in [0.4, 0.5) is 11.6 Å². The first-order chi connectivity index (χ1) is 13.0. The fourth-order valence-electron chi connectivity index (χ4n) is 2.86. The van der Waals surface area contributed by atoms with Crippen molar-refractivity contribution in [1.29, 1.82) is 0 Å². The molecule has 2 heterocycles. The fraction of sp³-hybridized carbons (Fsp3) is 0.333. The van der Waals surface area contributed by atoms with Gasteiger partial charge in [0.2, 0.25) is 5.96 Å². The van der Waals surface area contributed by atoms with Crippen LogP contribution in [0.3, 0.4) is 0 Å². The van der Waals surface area contributed by atoms with Crippen LogP contribution < -0.4 is 21.7 Å². The van der Waals surface area contributed by atoms with Gasteiger partial charge in [0.05, 0.1) is 10.9 Å². The number of rotatable bonds is 3. The molecule has 142 valence electrons. The Morgan fingerprint density at radius 2 is 1.89 bits per heavy atom. The summed E-state index contributed by atoms with van der Waals surface area (Å²) < 4.78 is 0. The number of nitrogens with one attached hydrogen (secondary N) is 1. The van der Waals surface area contributed by atoms with Crippen molar-refractivity contribution >= 4 is 35.0 Å². The zero-order valence-corrected chi connectivity index (χ0v) is 16.2. The molecule has 0 unspecified atom stereocenters. The van der Waals surface area contributed by atoms with Gasteiger partial charge in [-0.3, -0.25) is 0 Å². The zero-order chi connectivity index (χ0) is 19.4. The lowest BCUT2D eigenvalue weighted by Gasteiger charge is -2.30. The fourth-order valence-corrected chi connectivity index (χ4v) is 3.08. The van der Waals surface area contributed by atoms with Crippen LogP contribution in [0.5, 0.6) is 0 Å². The van der Waals surface area contributed by atoms with E-state index in [1.54, 1.807) is 6.92 Å². The standard InChI is InChI=1S/C18H23ClN8/c1-11-15(26-18(21)23-12(2)20)24-16(13-5-3-4-6-14(13)19)25-17(11)27-9-7-22-8-10-27/h3-6,22H,7-10H2,1-2H3,(H4,20,21,23,24,25,26). The lowest BCUT2D eigenvalue weighted by Crippen LogP contribution is -2.44. The van der Waals surface area contributed by atoms with Gasteiger partial charge in [0.25, 0.3) is 0 Å². The highest BCUT2D eigenvalue weighted by Crippen LogP contribution is 2.32. The molecule has 1 aliphatic heterocycles. The first kappa shape index (κ1) is 19.1. The minimum atomic E-state index is 0.0492. The predicted octanol–water partition coefficient (Wildman–Crippen LogP) is 1.84. The number of nitrogens with two attached hydrogens (primary N) is 2. The molecular formula is C18H23ClN8. The zero-order valence-electron chi connectivity index (χ0n) is 15.4. The van der Waals surface area contributed by atoms with E-state index in [-0.39, 0.29) is 5.96 Å². The van der Waals surface area contributed by atoms with Gasteiger partial charge in [-0.1, -0.05) is 23.7 Å². The molecule has 1 aliphatic rings. The Labute approximate surface area is 163 Å². The number of halogens is 1. The van der Waals surface area contributed by atoms with Crippen LogP contribution in [-0.4, -0.2) is 47.9 Å². The molecule has 1 aromatic heterocycles. The van der Waals surface area contributed by atoms with E-state index in [9.17, 15) is 0 Å². The molecule has 0 amide bonds. The Kier molecular flexibility index (Phi) is 5.88. The third-order valence-corrected chi connectivity index (χ3v) is 4.47. The van der Waals surface area contributed by atoms with Crippen LogP contribution in [0, 0.1) is 6.92 Å². The largest absolute Gasteiger partial charge is 0.387 e. The van der Waals surface area contributed by atoms with Gasteiger partial charge in [-0.15, -0.1) is 0 Å². The van der Waals surface area contributed by atoms with E-state index in [1.165, 1.54) is 0 Å². The van der Waals surface area contributed by atoms with Crippen LogP contribution in [0.1, 0.15) is 12.5 Å². The summed E-state index contributed by atoms with van der Waals surface area (Å²) in [7, 11) is 0. The van der Waals surface area contributed by atoms with Crippen LogP contribution >= 0.6 is 11.6 Å². The quantitative estimate of drug-likeness (QED) is 0.547. The van der Waals surface area contributed by atoms with Crippen molar-refractivity contribution in [1.82, 2.24) is 15.3 Å². The molecule has 1 aromatic carbocycles. The van der Waals surface area contributed by atoms with Gasteiger partial charge >= 0.3 is 0 Å². The summed E-state index contributed by atoms with van der Waals surface area (Å²) in [5.41, 5.74) is 13.1. The molecule has 1 fully saturated rings. The normalized spacial score (nSPS) is 15.9. The molecule has 0 radical (unpaired) electrons. The highest BCUT2D eigenvalue weighted by Gasteiger charge is 2.20. The number of piperazine rings is 1. The molecule has 0 bridgehead atoms. The summed E-state index contributed by atoms with van der Waals surface area (Å²) in [5, 5.41) is 3.92. The summed E-state index contributed by atoms with van der Waals surface area (Å²) in [6.07, 6.45) is 0. The Morgan fingerprint density at radius 1 is 1.19 bits per heavy atom. The molecule has 27 heavy (non-hydrogen) atoms. The Balaban J connectivity index is 2.15. The van der Waals surface area contributed by atoms with Gasteiger partial charge in [0, 0.05) is 37.3 Å². The number of hydrogen-bond acceptors (Lipinski definition) is 5. The van der Waals surface area contributed by atoms with Crippen molar-refractivity contribution < 1.29 is 0 Å². The monoisotopic (exact) mass is 386 g/mol. The molecule has 8 nitrogen and oxygen atoms in total. The maximum absolute atomic E-state index is 6.36. The molecule has 3 rings (SSSR count). The van der Waals surface area contributed by atoms with Gasteiger partial charge in [-0.05, 0) is 26.0 Å². The van der Waals surface area contributed by atoms with Crippen LogP contribution in [0.15, 0.2) is 34.3 Å². The van der Waals surface area contributed by atoms with Crippen molar-refractivity contribution in [3.05, 3.63) is 34.9 Å². The third kappa shape index (κ3) is 4.53. The second-order valence-electron chi connectivity index (χ2n) is 6.26. The highest BCUT2D eigenvalue weighted by molar-refractivity contribution is 6.33. The molecule has 0 aliphatic carbocycles. The van der Waals surface area contributed by atoms with E-state index >= 15 is 0 Å². The average Bonchev–Trinajstić information content (AvgIpc) is 2.64. The van der Waals surface area contributed by atoms with Crippen molar-refractivity contribution in [3.8, 4) is 11.4 Å². The van der Waals surface area contributed by atoms with Crippen LogP contribution in [0.25, 0.3) is 11.4 Å². The van der Waals surface area contributed by atoms with Crippen molar-refractivity contribution in [3.63, 3.8) is 0 Å². The van der Waals surface area contributed by atoms with E-state index in [0.717, 1.165) is 43.1 Å². The van der Waals surface area contributed by atoms with Crippen LogP contribution in [0.2, 0.25) is 5.02 Å². The molecule has 5 N–H and O–H groups in total. The third-order valence-electron chi connectivity index (χ3n) is 4.14. The summed E-state index contributed by atoms with van der Waals surface area (Å²) >= 11 is 6.36. The minimum absolute atomic E-state index is 0.0492. The number of guanidine groups is 1. The Morgan fingerprint density at radius 3 is 2.56 bits per heavy atom. The number of amidine groups is 1. The smallest absolute Gasteiger partial charge is 0.223 e. The second kappa shape index (κ2) is 8.32. The first-order valence-electron chi connectivity index (χ1n) is 8.70. The Bertz CT molecular complexity index is 883. The van der Waals surface area contributed by atoms with E-state index in [4.69, 9.17) is 28.1 Å². The summed E-state index contributed by atoms with van der Waals surface area (Å²) in [5.74, 6) is 2.15. The lowest BCUT2D eigenvalue weighted by molar-refractivity contribution is 0.584. The SMILES string of the molecule is C/C(N)=N/C(N)=N/c1nc(-c2ccccc2Cl)nc(N2CCNCC2)c1C. The number of aromatic nitrogens is 2. The molecule has 0 atom stereocenters. The molecule has 0 saturated carbocycles. The maximum Gasteiger partial charge on any atom is 0.223 e. The second-order valence-corrected chi connectivity index (χ2v) is 6.67. The molecule has 0 spiro atoms. The van der Waals surface area contributed by atoms with Crippen molar-refractivity contribution in [2.45, 2.75) is 13.8 Å². The molecule has 1 saturated heterocycles. The first-order valence-corrected chi connectivity index (χ1v) is 9.07. The van der Waals surface area contributed by atoms with Gasteiger partial charge in [0.1, 0.15) is 5.82 Å². The average molecular weight is 387 g/mol. The van der Waals surface area contributed by atoms with Crippen molar-refractivity contribution in [2.75, 3.05) is 31.1 Å². The molecule has 9 heteroatoms. The number of hydrogen-bond donors (Lipinski definition) is 3. The van der Waals surface area contributed by atoms with Crippen LogP contribution in [-0.2, 0) is 0 Å². The molecule has 2 aromatic rings. The van der Waals surface area contributed by atoms with Gasteiger partial charge in [0.15, 0.2) is 11.6 Å². The molecular weight excluding hydrogens is 364 g/mol. The van der Waals surface area contributed by atoms with Crippen molar-refractivity contribution in [2.24, 2.45) is 21.5 Å². The van der Waals surface area contributed by atoms with E-state index < -0.39 is 0 Å². The predicted molar refractivity (Wildman–Crippen MR) is 111 cm³/mol. The number of anilines is 1. The van der Waals surface area contributed by atoms with Gasteiger partial charge in [-0.25, -0.2) is 15.0 Å². The summed E-state index contributed by atoms with van der Waals surface area (Å²) in [6, 6.07) is 7.46. The van der Waals surface area contributed by atoms with E-state index in [2.05, 4.69) is 25.2 Å². The highest BCUT2D eigenvalue weighted by atomic mass is 35.5. The van der Waals surface area contributed by atoms with Gasteiger partial charge < -0.3 is 21.7 Å². The minimum Gasteiger partial charge on any atom is -0.387 e. The number of benzene rings is 1. The topological polar surface area (TPSA) is 118 Å². The maximum atomic E-state index is 6.36. The van der Waals surface area contributed by atoms with Gasteiger partial charge in [-0.2, -0.15) is 4.99 Å². The number of aliphatic imine (C=N–C) groups is 2. The summed E-state index contributed by atoms with van der Waals surface area (Å²) in [6.45, 7) is 7.05. The summed E-state index contributed by atoms with van der Waals surface area (Å²) in [4.78, 5) is 19.9. The van der Waals surface area contributed by atoms with E-state index in [0.29, 0.717) is 22.5 Å². The number of nitrogens with zero attached hydrogens (tertiary/aromatic N) is 5. The van der Waals surface area contributed by atoms with E-state index in [1.807, 2.05) is 31.2 Å².